The number of allylic oxidation sites excluding steroid dienone is 3. The summed E-state index contributed by atoms with van der Waals surface area (Å²) in [6.07, 6.45) is 6.78. The topological polar surface area (TPSA) is 17.1 Å². The zero-order valence-electron chi connectivity index (χ0n) is 7.73. The van der Waals surface area contributed by atoms with Gasteiger partial charge in [0.25, 0.3) is 0 Å². The fourth-order valence-electron chi connectivity index (χ4n) is 1.43. The van der Waals surface area contributed by atoms with Gasteiger partial charge in [-0.15, -0.1) is 6.58 Å². The Bertz CT molecular complexity index is 223. The molecule has 0 atom stereocenters. The Morgan fingerprint density at radius 1 is 1.58 bits per heavy atom. The molecule has 12 heavy (non-hydrogen) atoms. The van der Waals surface area contributed by atoms with Crippen LogP contribution < -0.4 is 0 Å². The molecule has 0 aromatic rings. The smallest absolute Gasteiger partial charge is 0.155 e. The number of hydrogen-bond donors (Lipinski definition) is 0. The molecule has 0 N–H and O–H groups in total. The van der Waals surface area contributed by atoms with E-state index in [1.807, 2.05) is 13.0 Å². The summed E-state index contributed by atoms with van der Waals surface area (Å²) in [5.74, 6) is 0.304. The lowest BCUT2D eigenvalue weighted by molar-refractivity contribution is -0.115. The van der Waals surface area contributed by atoms with Crippen LogP contribution in [0.5, 0.6) is 0 Å². The van der Waals surface area contributed by atoms with Crippen LogP contribution in [0.25, 0.3) is 0 Å². The van der Waals surface area contributed by atoms with Crippen LogP contribution in [-0.4, -0.2) is 5.78 Å². The van der Waals surface area contributed by atoms with E-state index in [1.165, 1.54) is 11.1 Å². The second kappa shape index (κ2) is 4.24. The summed E-state index contributed by atoms with van der Waals surface area (Å²) >= 11 is 0. The van der Waals surface area contributed by atoms with E-state index in [1.54, 1.807) is 0 Å². The molecule has 66 valence electrons. The number of hydrogen-bond acceptors (Lipinski definition) is 1. The van der Waals surface area contributed by atoms with E-state index >= 15 is 0 Å². The predicted octanol–water partition coefficient (Wildman–Crippen LogP) is 3.02. The highest BCUT2D eigenvalue weighted by molar-refractivity contribution is 5.91. The molecule has 0 saturated heterocycles. The second-order valence-corrected chi connectivity index (χ2v) is 3.58. The highest BCUT2D eigenvalue weighted by Gasteiger charge is 2.08. The summed E-state index contributed by atoms with van der Waals surface area (Å²) in [6, 6.07) is 0. The summed E-state index contributed by atoms with van der Waals surface area (Å²) in [6.45, 7) is 5.88. The van der Waals surface area contributed by atoms with Gasteiger partial charge in [0, 0.05) is 6.42 Å². The van der Waals surface area contributed by atoms with Gasteiger partial charge in [0.05, 0.1) is 0 Å². The van der Waals surface area contributed by atoms with E-state index < -0.39 is 0 Å². The third-order valence-corrected chi connectivity index (χ3v) is 2.16. The fourth-order valence-corrected chi connectivity index (χ4v) is 1.43. The Kier molecular flexibility index (Phi) is 3.27. The molecule has 0 aromatic carbocycles. The first kappa shape index (κ1) is 9.24. The van der Waals surface area contributed by atoms with Gasteiger partial charge in [-0.05, 0) is 38.7 Å². The van der Waals surface area contributed by atoms with Crippen molar-refractivity contribution in [2.45, 2.75) is 39.0 Å². The minimum Gasteiger partial charge on any atom is -0.295 e. The molecule has 0 spiro atoms. The average Bonchev–Trinajstić information content (AvgIpc) is 2.01. The number of carbonyl (C=O) groups is 1. The SMILES string of the molecule is C=C(C)CCC1=CC(=O)CCC1. The van der Waals surface area contributed by atoms with Gasteiger partial charge in [-0.2, -0.15) is 0 Å². The van der Waals surface area contributed by atoms with Gasteiger partial charge in [0.15, 0.2) is 5.78 Å². The van der Waals surface area contributed by atoms with Crippen molar-refractivity contribution in [1.82, 2.24) is 0 Å². The van der Waals surface area contributed by atoms with Crippen LogP contribution in [-0.2, 0) is 4.79 Å². The maximum Gasteiger partial charge on any atom is 0.155 e. The predicted molar refractivity (Wildman–Crippen MR) is 51.0 cm³/mol. The van der Waals surface area contributed by atoms with Gasteiger partial charge in [0.1, 0.15) is 0 Å². The lowest BCUT2D eigenvalue weighted by Gasteiger charge is -2.11. The van der Waals surface area contributed by atoms with Crippen LogP contribution in [0.15, 0.2) is 23.8 Å². The molecule has 0 heterocycles. The summed E-state index contributed by atoms with van der Waals surface area (Å²) in [4.78, 5) is 11.0. The fraction of sp³-hybridized carbons (Fsp3) is 0.545. The Labute approximate surface area is 74.2 Å². The Morgan fingerprint density at radius 2 is 2.33 bits per heavy atom. The van der Waals surface area contributed by atoms with Crippen molar-refractivity contribution in [2.75, 3.05) is 0 Å². The molecular weight excluding hydrogens is 148 g/mol. The minimum atomic E-state index is 0.304. The number of rotatable bonds is 3. The molecule has 0 unspecified atom stereocenters. The van der Waals surface area contributed by atoms with Crippen LogP contribution in [0, 0.1) is 0 Å². The van der Waals surface area contributed by atoms with E-state index in [-0.39, 0.29) is 0 Å². The van der Waals surface area contributed by atoms with Gasteiger partial charge >= 0.3 is 0 Å². The summed E-state index contributed by atoms with van der Waals surface area (Å²) in [7, 11) is 0. The highest BCUT2D eigenvalue weighted by atomic mass is 16.1. The molecule has 1 aliphatic carbocycles. The molecule has 0 saturated carbocycles. The van der Waals surface area contributed by atoms with E-state index in [4.69, 9.17) is 0 Å². The Balaban J connectivity index is 2.40. The van der Waals surface area contributed by atoms with Crippen LogP contribution in [0.3, 0.4) is 0 Å². The van der Waals surface area contributed by atoms with Crippen LogP contribution in [0.2, 0.25) is 0 Å². The summed E-state index contributed by atoms with van der Waals surface area (Å²) in [5.41, 5.74) is 2.52. The zero-order valence-corrected chi connectivity index (χ0v) is 7.73. The molecule has 0 aromatic heterocycles. The molecule has 0 bridgehead atoms. The van der Waals surface area contributed by atoms with E-state index in [0.29, 0.717) is 5.78 Å². The molecular formula is C11H16O. The molecule has 0 aliphatic heterocycles. The van der Waals surface area contributed by atoms with Crippen molar-refractivity contribution in [3.8, 4) is 0 Å². The van der Waals surface area contributed by atoms with Crippen molar-refractivity contribution < 1.29 is 4.79 Å². The third kappa shape index (κ3) is 3.04. The molecule has 0 amide bonds. The third-order valence-electron chi connectivity index (χ3n) is 2.16. The van der Waals surface area contributed by atoms with Crippen molar-refractivity contribution in [3.63, 3.8) is 0 Å². The number of carbonyl (C=O) groups excluding carboxylic acids is 1. The van der Waals surface area contributed by atoms with E-state index in [0.717, 1.165) is 32.1 Å². The van der Waals surface area contributed by atoms with Gasteiger partial charge in [-0.25, -0.2) is 0 Å². The van der Waals surface area contributed by atoms with Crippen molar-refractivity contribution in [3.05, 3.63) is 23.8 Å². The summed E-state index contributed by atoms with van der Waals surface area (Å²) < 4.78 is 0. The monoisotopic (exact) mass is 164 g/mol. The van der Waals surface area contributed by atoms with Crippen molar-refractivity contribution in [1.29, 1.82) is 0 Å². The van der Waals surface area contributed by atoms with E-state index in [9.17, 15) is 4.79 Å². The normalized spacial score (nSPS) is 17.4. The minimum absolute atomic E-state index is 0.304. The van der Waals surface area contributed by atoms with Crippen LogP contribution in [0.4, 0.5) is 0 Å². The maximum absolute atomic E-state index is 11.0. The van der Waals surface area contributed by atoms with Gasteiger partial charge < -0.3 is 0 Å². The molecule has 1 rings (SSSR count). The molecule has 1 nitrogen and oxygen atoms in total. The highest BCUT2D eigenvalue weighted by Crippen LogP contribution is 2.20. The van der Waals surface area contributed by atoms with Crippen LogP contribution in [0.1, 0.15) is 39.0 Å². The standard InChI is InChI=1S/C11H16O/c1-9(2)6-7-10-4-3-5-11(12)8-10/h8H,1,3-7H2,2H3. The number of ketones is 1. The average molecular weight is 164 g/mol. The Morgan fingerprint density at radius 3 is 2.92 bits per heavy atom. The van der Waals surface area contributed by atoms with Gasteiger partial charge in [0.2, 0.25) is 0 Å². The largest absolute Gasteiger partial charge is 0.295 e. The first-order chi connectivity index (χ1) is 5.68. The molecule has 0 radical (unpaired) electrons. The Hall–Kier alpha value is -0.850. The lowest BCUT2D eigenvalue weighted by Crippen LogP contribution is -2.02. The quantitative estimate of drug-likeness (QED) is 0.586. The van der Waals surface area contributed by atoms with Crippen molar-refractivity contribution >= 4 is 5.78 Å². The van der Waals surface area contributed by atoms with Gasteiger partial charge in [-0.3, -0.25) is 4.79 Å². The van der Waals surface area contributed by atoms with Gasteiger partial charge in [-0.1, -0.05) is 11.1 Å². The van der Waals surface area contributed by atoms with Crippen molar-refractivity contribution in [2.24, 2.45) is 0 Å². The molecule has 0 fully saturated rings. The maximum atomic E-state index is 11.0. The second-order valence-electron chi connectivity index (χ2n) is 3.58. The zero-order chi connectivity index (χ0) is 8.97. The first-order valence-corrected chi connectivity index (χ1v) is 4.55. The lowest BCUT2D eigenvalue weighted by atomic mass is 9.94. The van der Waals surface area contributed by atoms with E-state index in [2.05, 4.69) is 6.58 Å². The first-order valence-electron chi connectivity index (χ1n) is 4.55. The molecule has 1 heteroatoms. The summed E-state index contributed by atoms with van der Waals surface area (Å²) in [5, 5.41) is 0. The molecule has 1 aliphatic rings. The van der Waals surface area contributed by atoms with Crippen LogP contribution >= 0.6 is 0 Å².